The fourth-order valence-electron chi connectivity index (χ4n) is 6.45. The number of rotatable bonds is 4. The SMILES string of the molecule is O=C(O)C=Cc1cccc(-c2ccc(O)c(C3C4CC5CC(C4)CC3(I)C5)c2)c1. The van der Waals surface area contributed by atoms with Gasteiger partial charge in [0.2, 0.25) is 0 Å². The van der Waals surface area contributed by atoms with Crippen LogP contribution < -0.4 is 0 Å². The molecular formula is C25H25IO3. The number of aromatic hydroxyl groups is 1. The predicted octanol–water partition coefficient (Wildman–Crippen LogP) is 6.25. The Kier molecular flexibility index (Phi) is 4.72. The number of carboxylic acid groups (broad SMARTS) is 1. The van der Waals surface area contributed by atoms with Crippen LogP contribution in [-0.2, 0) is 4.79 Å². The van der Waals surface area contributed by atoms with Crippen molar-refractivity contribution < 1.29 is 15.0 Å². The first-order valence-corrected chi connectivity index (χ1v) is 11.5. The molecule has 0 saturated heterocycles. The van der Waals surface area contributed by atoms with E-state index >= 15 is 0 Å². The molecule has 4 bridgehead atoms. The van der Waals surface area contributed by atoms with Gasteiger partial charge in [-0.3, -0.25) is 0 Å². The summed E-state index contributed by atoms with van der Waals surface area (Å²) < 4.78 is 0.273. The monoisotopic (exact) mass is 500 g/mol. The second-order valence-electron chi connectivity index (χ2n) is 9.19. The van der Waals surface area contributed by atoms with Crippen molar-refractivity contribution in [3.63, 3.8) is 0 Å². The van der Waals surface area contributed by atoms with Gasteiger partial charge in [-0.2, -0.15) is 0 Å². The summed E-state index contributed by atoms with van der Waals surface area (Å²) in [7, 11) is 0. The van der Waals surface area contributed by atoms with Crippen LogP contribution in [0, 0.1) is 17.8 Å². The highest BCUT2D eigenvalue weighted by Crippen LogP contribution is 2.66. The lowest BCUT2D eigenvalue weighted by Gasteiger charge is -2.59. The van der Waals surface area contributed by atoms with Gasteiger partial charge in [-0.1, -0.05) is 46.9 Å². The van der Waals surface area contributed by atoms with Gasteiger partial charge < -0.3 is 10.2 Å². The van der Waals surface area contributed by atoms with E-state index in [1.165, 1.54) is 32.1 Å². The van der Waals surface area contributed by atoms with Gasteiger partial charge in [0.1, 0.15) is 5.75 Å². The Labute approximate surface area is 185 Å². The minimum atomic E-state index is -0.948. The van der Waals surface area contributed by atoms with Crippen molar-refractivity contribution in [3.8, 4) is 16.9 Å². The van der Waals surface area contributed by atoms with Crippen molar-refractivity contribution in [1.29, 1.82) is 0 Å². The molecule has 2 aromatic rings. The molecule has 3 nitrogen and oxygen atoms in total. The number of hydrogen-bond acceptors (Lipinski definition) is 2. The molecule has 3 unspecified atom stereocenters. The summed E-state index contributed by atoms with van der Waals surface area (Å²) in [5.41, 5.74) is 4.09. The summed E-state index contributed by atoms with van der Waals surface area (Å²) in [4.78, 5) is 10.8. The quantitative estimate of drug-likeness (QED) is 0.296. The molecule has 0 spiro atoms. The molecule has 4 saturated carbocycles. The second kappa shape index (κ2) is 7.15. The first-order valence-electron chi connectivity index (χ1n) is 10.4. The van der Waals surface area contributed by atoms with Crippen molar-refractivity contribution in [2.45, 2.75) is 41.4 Å². The third kappa shape index (κ3) is 3.49. The molecule has 4 aliphatic carbocycles. The lowest BCUT2D eigenvalue weighted by Crippen LogP contribution is -2.52. The van der Waals surface area contributed by atoms with Crippen LogP contribution in [0.4, 0.5) is 0 Å². The number of hydrogen-bond donors (Lipinski definition) is 2. The van der Waals surface area contributed by atoms with E-state index in [0.717, 1.165) is 40.2 Å². The maximum Gasteiger partial charge on any atom is 0.328 e. The molecule has 4 heteroatoms. The summed E-state index contributed by atoms with van der Waals surface area (Å²) in [5.74, 6) is 2.34. The molecule has 0 radical (unpaired) electrons. The standard InChI is InChI=1S/C25H25IO3/c26-25-13-16-8-17(14-25)11-20(10-16)24(25)21-12-19(5-6-22(21)27)18-3-1-2-15(9-18)4-7-23(28)29/h1-7,9,12,16-17,20,24,27H,8,10-11,13-14H2,(H,28,29). The van der Waals surface area contributed by atoms with Gasteiger partial charge in [0.15, 0.2) is 0 Å². The molecule has 4 aliphatic rings. The highest BCUT2D eigenvalue weighted by molar-refractivity contribution is 14.1. The first kappa shape index (κ1) is 19.2. The highest BCUT2D eigenvalue weighted by Gasteiger charge is 2.56. The first-order chi connectivity index (χ1) is 13.9. The van der Waals surface area contributed by atoms with Crippen molar-refractivity contribution in [2.24, 2.45) is 17.8 Å². The number of alkyl halides is 1. The van der Waals surface area contributed by atoms with Gasteiger partial charge in [0, 0.05) is 15.4 Å². The topological polar surface area (TPSA) is 57.5 Å². The number of phenolic OH excluding ortho intramolecular Hbond substituents is 1. The summed E-state index contributed by atoms with van der Waals surface area (Å²) in [6.45, 7) is 0. The molecule has 0 heterocycles. The molecule has 2 N–H and O–H groups in total. The Bertz CT molecular complexity index is 981. The average Bonchev–Trinajstić information content (AvgIpc) is 2.66. The van der Waals surface area contributed by atoms with Crippen LogP contribution in [-0.4, -0.2) is 19.6 Å². The van der Waals surface area contributed by atoms with E-state index in [1.807, 2.05) is 36.4 Å². The van der Waals surface area contributed by atoms with Crippen LogP contribution in [0.2, 0.25) is 0 Å². The third-order valence-corrected chi connectivity index (χ3v) is 8.78. The normalized spacial score (nSPS) is 32.7. The van der Waals surface area contributed by atoms with E-state index in [1.54, 1.807) is 6.08 Å². The van der Waals surface area contributed by atoms with Crippen LogP contribution in [0.3, 0.4) is 0 Å². The fraction of sp³-hybridized carbons (Fsp3) is 0.400. The largest absolute Gasteiger partial charge is 0.508 e. The minimum absolute atomic E-state index is 0.273. The number of aliphatic carboxylic acids is 1. The van der Waals surface area contributed by atoms with Gasteiger partial charge >= 0.3 is 5.97 Å². The van der Waals surface area contributed by atoms with E-state index < -0.39 is 5.97 Å². The average molecular weight is 500 g/mol. The Morgan fingerprint density at radius 2 is 1.76 bits per heavy atom. The smallest absolute Gasteiger partial charge is 0.328 e. The molecule has 150 valence electrons. The number of carboxylic acids is 1. The van der Waals surface area contributed by atoms with Crippen molar-refractivity contribution in [1.82, 2.24) is 0 Å². The van der Waals surface area contributed by atoms with Crippen LogP contribution in [0.15, 0.2) is 48.5 Å². The van der Waals surface area contributed by atoms with Crippen molar-refractivity contribution in [3.05, 3.63) is 59.7 Å². The van der Waals surface area contributed by atoms with Gasteiger partial charge in [-0.15, -0.1) is 0 Å². The van der Waals surface area contributed by atoms with Gasteiger partial charge in [0.25, 0.3) is 0 Å². The van der Waals surface area contributed by atoms with Crippen LogP contribution in [0.25, 0.3) is 17.2 Å². The fourth-order valence-corrected chi connectivity index (χ4v) is 8.54. The zero-order valence-corrected chi connectivity index (χ0v) is 18.4. The zero-order valence-electron chi connectivity index (χ0n) is 16.2. The maximum atomic E-state index is 10.8. The Morgan fingerprint density at radius 3 is 2.45 bits per heavy atom. The second-order valence-corrected chi connectivity index (χ2v) is 11.3. The summed E-state index contributed by atoms with van der Waals surface area (Å²) in [5, 5.41) is 19.7. The van der Waals surface area contributed by atoms with Crippen LogP contribution in [0.5, 0.6) is 5.75 Å². The number of halogens is 1. The zero-order chi connectivity index (χ0) is 20.2. The predicted molar refractivity (Wildman–Crippen MR) is 123 cm³/mol. The summed E-state index contributed by atoms with van der Waals surface area (Å²) in [6, 6.07) is 13.9. The molecule has 6 rings (SSSR count). The van der Waals surface area contributed by atoms with Gasteiger partial charge in [-0.25, -0.2) is 4.79 Å². The van der Waals surface area contributed by atoms with Crippen molar-refractivity contribution in [2.75, 3.05) is 0 Å². The summed E-state index contributed by atoms with van der Waals surface area (Å²) in [6.07, 6.45) is 9.38. The third-order valence-electron chi connectivity index (χ3n) is 7.22. The molecule has 0 amide bonds. The number of carbonyl (C=O) groups is 1. The van der Waals surface area contributed by atoms with Crippen LogP contribution in [0.1, 0.15) is 49.1 Å². The Morgan fingerprint density at radius 1 is 1.03 bits per heavy atom. The van der Waals surface area contributed by atoms with E-state index in [2.05, 4.69) is 28.7 Å². The van der Waals surface area contributed by atoms with Crippen LogP contribution >= 0.6 is 22.6 Å². The lowest BCUT2D eigenvalue weighted by molar-refractivity contribution is -0.131. The van der Waals surface area contributed by atoms with Crippen molar-refractivity contribution >= 4 is 34.6 Å². The molecule has 29 heavy (non-hydrogen) atoms. The molecule has 0 aromatic heterocycles. The Hall–Kier alpha value is -1.82. The van der Waals surface area contributed by atoms with E-state index in [0.29, 0.717) is 17.6 Å². The Balaban J connectivity index is 1.52. The van der Waals surface area contributed by atoms with Gasteiger partial charge in [0.05, 0.1) is 0 Å². The molecule has 3 atom stereocenters. The van der Waals surface area contributed by atoms with E-state index in [4.69, 9.17) is 5.11 Å². The minimum Gasteiger partial charge on any atom is -0.508 e. The molecule has 4 fully saturated rings. The molecular weight excluding hydrogens is 475 g/mol. The molecule has 2 aromatic carbocycles. The highest BCUT2D eigenvalue weighted by atomic mass is 127. The molecule has 0 aliphatic heterocycles. The maximum absolute atomic E-state index is 10.8. The van der Waals surface area contributed by atoms with E-state index in [-0.39, 0.29) is 3.42 Å². The number of benzene rings is 2. The lowest BCUT2D eigenvalue weighted by atomic mass is 9.50. The number of phenols is 1. The summed E-state index contributed by atoms with van der Waals surface area (Å²) >= 11 is 2.72. The van der Waals surface area contributed by atoms with E-state index in [9.17, 15) is 9.90 Å². The van der Waals surface area contributed by atoms with Gasteiger partial charge in [-0.05, 0) is 96.4 Å².